The third-order valence-corrected chi connectivity index (χ3v) is 7.88. The van der Waals surface area contributed by atoms with E-state index in [0.717, 1.165) is 49.9 Å². The van der Waals surface area contributed by atoms with Gasteiger partial charge in [0.25, 0.3) is 0 Å². The van der Waals surface area contributed by atoms with Crippen LogP contribution < -0.4 is 15.5 Å². The average Bonchev–Trinajstić information content (AvgIpc) is 3.42. The number of amides is 1. The standard InChI is InChI=1S/C27H32N6O2/c1-32-21(8-11-30-32)18-29-25(24-22-5-3-2-4-19(22)16-27(24)9-10-27)26(34)31-20-6-7-23(28-17-20)33-12-14-35-15-13-33/h2-8,11,17,24-25,29H,9-10,12-16,18H2,1H3,(H,31,34)/t24?,25-/m0/s1. The molecule has 3 aliphatic rings. The van der Waals surface area contributed by atoms with E-state index >= 15 is 0 Å². The van der Waals surface area contributed by atoms with E-state index in [9.17, 15) is 4.79 Å². The molecule has 1 spiro atoms. The lowest BCUT2D eigenvalue weighted by Crippen LogP contribution is -2.46. The summed E-state index contributed by atoms with van der Waals surface area (Å²) in [5.41, 5.74) is 4.64. The van der Waals surface area contributed by atoms with Gasteiger partial charge in [-0.2, -0.15) is 5.10 Å². The van der Waals surface area contributed by atoms with E-state index in [1.165, 1.54) is 24.0 Å². The molecule has 3 aromatic rings. The molecule has 2 fully saturated rings. The number of hydrogen-bond acceptors (Lipinski definition) is 6. The first-order chi connectivity index (χ1) is 17.1. The van der Waals surface area contributed by atoms with E-state index in [-0.39, 0.29) is 23.3 Å². The molecule has 182 valence electrons. The molecule has 2 aliphatic carbocycles. The fourth-order valence-electron chi connectivity index (χ4n) is 5.81. The van der Waals surface area contributed by atoms with Crippen LogP contribution in [0.2, 0.25) is 0 Å². The van der Waals surface area contributed by atoms with E-state index in [4.69, 9.17) is 4.74 Å². The highest BCUT2D eigenvalue weighted by Crippen LogP contribution is 2.64. The molecule has 2 N–H and O–H groups in total. The van der Waals surface area contributed by atoms with Crippen molar-refractivity contribution in [2.24, 2.45) is 12.5 Å². The van der Waals surface area contributed by atoms with Crippen molar-refractivity contribution in [3.63, 3.8) is 0 Å². The van der Waals surface area contributed by atoms with Gasteiger partial charge in [-0.15, -0.1) is 0 Å². The Morgan fingerprint density at radius 2 is 2.00 bits per heavy atom. The molecule has 8 nitrogen and oxygen atoms in total. The van der Waals surface area contributed by atoms with Crippen LogP contribution in [0.4, 0.5) is 11.5 Å². The van der Waals surface area contributed by atoms with Crippen LogP contribution in [0.3, 0.4) is 0 Å². The SMILES string of the molecule is Cn1nccc1CN[C@H](C(=O)Nc1ccc(N2CCOCC2)nc1)C1c2ccccc2CC12CC2. The van der Waals surface area contributed by atoms with Crippen molar-refractivity contribution in [3.8, 4) is 0 Å². The highest BCUT2D eigenvalue weighted by Gasteiger charge is 2.57. The zero-order valence-electron chi connectivity index (χ0n) is 20.1. The van der Waals surface area contributed by atoms with Crippen molar-refractivity contribution < 1.29 is 9.53 Å². The fourth-order valence-corrected chi connectivity index (χ4v) is 5.81. The quantitative estimate of drug-likeness (QED) is 0.550. The van der Waals surface area contributed by atoms with Crippen LogP contribution >= 0.6 is 0 Å². The minimum atomic E-state index is -0.352. The average molecular weight is 473 g/mol. The number of hydrogen-bond donors (Lipinski definition) is 2. The number of anilines is 2. The van der Waals surface area contributed by atoms with Gasteiger partial charge in [-0.3, -0.25) is 14.8 Å². The van der Waals surface area contributed by atoms with E-state index in [1.807, 2.05) is 29.9 Å². The van der Waals surface area contributed by atoms with Crippen LogP contribution in [-0.2, 0) is 29.5 Å². The predicted molar refractivity (Wildman–Crippen MR) is 134 cm³/mol. The number of morpholine rings is 1. The molecule has 1 amide bonds. The smallest absolute Gasteiger partial charge is 0.242 e. The van der Waals surface area contributed by atoms with Gasteiger partial charge >= 0.3 is 0 Å². The number of fused-ring (bicyclic) bond motifs is 1. The maximum absolute atomic E-state index is 13.8. The van der Waals surface area contributed by atoms with Gasteiger partial charge in [-0.05, 0) is 54.0 Å². The Morgan fingerprint density at radius 1 is 1.17 bits per heavy atom. The number of rotatable bonds is 7. The number of nitrogens with zero attached hydrogens (tertiary/aromatic N) is 4. The highest BCUT2D eigenvalue weighted by molar-refractivity contribution is 5.96. The van der Waals surface area contributed by atoms with Crippen LogP contribution in [0, 0.1) is 5.41 Å². The molecule has 6 rings (SSSR count). The summed E-state index contributed by atoms with van der Waals surface area (Å²) in [4.78, 5) is 20.6. The second kappa shape index (κ2) is 9.09. The Bertz CT molecular complexity index is 1200. The normalized spacial score (nSPS) is 21.1. The molecule has 1 saturated carbocycles. The molecule has 1 unspecified atom stereocenters. The molecule has 0 bridgehead atoms. The second-order valence-corrected chi connectivity index (χ2v) is 10.0. The summed E-state index contributed by atoms with van der Waals surface area (Å²) in [6, 6.07) is 14.2. The maximum Gasteiger partial charge on any atom is 0.242 e. The minimum absolute atomic E-state index is 0.0129. The Kier molecular flexibility index (Phi) is 5.78. The molecule has 2 atom stereocenters. The van der Waals surface area contributed by atoms with Gasteiger partial charge in [0.15, 0.2) is 0 Å². The summed E-state index contributed by atoms with van der Waals surface area (Å²) in [6.45, 7) is 3.69. The molecule has 35 heavy (non-hydrogen) atoms. The Labute approximate surface area is 205 Å². The van der Waals surface area contributed by atoms with Crippen LogP contribution in [0.15, 0.2) is 54.9 Å². The van der Waals surface area contributed by atoms with Gasteiger partial charge in [0.1, 0.15) is 5.82 Å². The number of aryl methyl sites for hydroxylation is 1. The number of carbonyl (C=O) groups excluding carboxylic acids is 1. The van der Waals surface area contributed by atoms with Gasteiger partial charge in [0.2, 0.25) is 5.91 Å². The van der Waals surface area contributed by atoms with Crippen molar-refractivity contribution in [2.45, 2.75) is 37.8 Å². The molecule has 1 saturated heterocycles. The largest absolute Gasteiger partial charge is 0.378 e. The first-order valence-electron chi connectivity index (χ1n) is 12.5. The van der Waals surface area contributed by atoms with E-state index in [2.05, 4.69) is 49.9 Å². The van der Waals surface area contributed by atoms with Gasteiger partial charge < -0.3 is 15.0 Å². The molecular formula is C27H32N6O2. The summed E-state index contributed by atoms with van der Waals surface area (Å²) in [5, 5.41) is 11.1. The molecule has 1 aliphatic heterocycles. The van der Waals surface area contributed by atoms with Crippen molar-refractivity contribution >= 4 is 17.4 Å². The zero-order chi connectivity index (χ0) is 23.8. The summed E-state index contributed by atoms with van der Waals surface area (Å²) in [7, 11) is 1.93. The minimum Gasteiger partial charge on any atom is -0.378 e. The molecule has 8 heteroatoms. The van der Waals surface area contributed by atoms with E-state index in [0.29, 0.717) is 6.54 Å². The number of ether oxygens (including phenoxy) is 1. The monoisotopic (exact) mass is 472 g/mol. The lowest BCUT2D eigenvalue weighted by Gasteiger charge is -2.30. The topological polar surface area (TPSA) is 84.3 Å². The predicted octanol–water partition coefficient (Wildman–Crippen LogP) is 2.87. The van der Waals surface area contributed by atoms with Crippen molar-refractivity contribution in [1.29, 1.82) is 0 Å². The summed E-state index contributed by atoms with van der Waals surface area (Å²) >= 11 is 0. The number of pyridine rings is 1. The maximum atomic E-state index is 13.8. The zero-order valence-corrected chi connectivity index (χ0v) is 20.1. The number of nitrogens with one attached hydrogen (secondary N) is 2. The Balaban J connectivity index is 1.24. The fraction of sp³-hybridized carbons (Fsp3) is 0.444. The summed E-state index contributed by atoms with van der Waals surface area (Å²) in [6.07, 6.45) is 6.94. The van der Waals surface area contributed by atoms with Crippen LogP contribution in [0.25, 0.3) is 0 Å². The van der Waals surface area contributed by atoms with E-state index in [1.54, 1.807) is 12.4 Å². The van der Waals surface area contributed by atoms with Crippen LogP contribution in [-0.4, -0.2) is 53.0 Å². The molecular weight excluding hydrogens is 440 g/mol. The Hall–Kier alpha value is -3.23. The van der Waals surface area contributed by atoms with Gasteiger partial charge in [0.05, 0.1) is 36.8 Å². The number of benzene rings is 1. The Morgan fingerprint density at radius 3 is 2.71 bits per heavy atom. The highest BCUT2D eigenvalue weighted by atomic mass is 16.5. The van der Waals surface area contributed by atoms with E-state index < -0.39 is 0 Å². The molecule has 2 aromatic heterocycles. The summed E-state index contributed by atoms with van der Waals surface area (Å²) < 4.78 is 7.29. The van der Waals surface area contributed by atoms with Gasteiger partial charge in [-0.1, -0.05) is 24.3 Å². The molecule has 3 heterocycles. The first-order valence-corrected chi connectivity index (χ1v) is 12.5. The third kappa shape index (κ3) is 4.32. The van der Waals surface area contributed by atoms with Gasteiger partial charge in [0, 0.05) is 38.8 Å². The first kappa shape index (κ1) is 22.2. The third-order valence-electron chi connectivity index (χ3n) is 7.88. The van der Waals surface area contributed by atoms with Crippen LogP contribution in [0.5, 0.6) is 0 Å². The van der Waals surface area contributed by atoms with Crippen LogP contribution in [0.1, 0.15) is 35.6 Å². The molecule has 1 aromatic carbocycles. The lowest BCUT2D eigenvalue weighted by atomic mass is 9.82. The lowest BCUT2D eigenvalue weighted by molar-refractivity contribution is -0.119. The summed E-state index contributed by atoms with van der Waals surface area (Å²) in [5.74, 6) is 1.05. The van der Waals surface area contributed by atoms with Gasteiger partial charge in [-0.25, -0.2) is 4.98 Å². The molecule has 0 radical (unpaired) electrons. The van der Waals surface area contributed by atoms with Crippen molar-refractivity contribution in [2.75, 3.05) is 36.5 Å². The number of carbonyl (C=O) groups is 1. The van der Waals surface area contributed by atoms with Crippen molar-refractivity contribution in [1.82, 2.24) is 20.1 Å². The second-order valence-electron chi connectivity index (χ2n) is 10.0. The van der Waals surface area contributed by atoms with Crippen molar-refractivity contribution in [3.05, 3.63) is 71.7 Å². The number of aromatic nitrogens is 3.